The van der Waals surface area contributed by atoms with Crippen molar-refractivity contribution in [3.05, 3.63) is 35.4 Å². The van der Waals surface area contributed by atoms with Crippen LogP contribution in [-0.2, 0) is 9.47 Å². The molecule has 3 rings (SSSR count). The number of nitrogens with one attached hydrogen (secondary N) is 1. The third-order valence-corrected chi connectivity index (χ3v) is 4.03. The van der Waals surface area contributed by atoms with Crippen LogP contribution in [0.1, 0.15) is 43.6 Å². The molecular formula is C15H21NO2. The molecule has 2 saturated heterocycles. The van der Waals surface area contributed by atoms with Gasteiger partial charge in [-0.2, -0.15) is 0 Å². The smallest absolute Gasteiger partial charge is 0.189 e. The maximum Gasteiger partial charge on any atom is 0.189 e. The second-order valence-electron chi connectivity index (χ2n) is 5.42. The maximum absolute atomic E-state index is 5.56. The van der Waals surface area contributed by atoms with Crippen molar-refractivity contribution in [3.8, 4) is 0 Å². The normalized spacial score (nSPS) is 36.1. The van der Waals surface area contributed by atoms with Gasteiger partial charge in [-0.3, -0.25) is 0 Å². The minimum absolute atomic E-state index is 0.0588. The number of rotatable bonds is 2. The van der Waals surface area contributed by atoms with Gasteiger partial charge in [-0.05, 0) is 43.8 Å². The van der Waals surface area contributed by atoms with Gasteiger partial charge in [0.15, 0.2) is 12.6 Å². The van der Waals surface area contributed by atoms with E-state index >= 15 is 0 Å². The van der Waals surface area contributed by atoms with Crippen LogP contribution in [0.5, 0.6) is 0 Å². The van der Waals surface area contributed by atoms with E-state index in [0.717, 1.165) is 18.7 Å². The average Bonchev–Trinajstić information content (AvgIpc) is 2.36. The Hall–Kier alpha value is -0.900. The summed E-state index contributed by atoms with van der Waals surface area (Å²) in [6.07, 6.45) is 1.00. The largest absolute Gasteiger partial charge is 0.320 e. The highest BCUT2D eigenvalue weighted by molar-refractivity contribution is 5.28. The Kier molecular flexibility index (Phi) is 3.37. The summed E-state index contributed by atoms with van der Waals surface area (Å²) in [5.41, 5.74) is 2.57. The van der Waals surface area contributed by atoms with Crippen molar-refractivity contribution in [1.82, 2.24) is 5.32 Å². The van der Waals surface area contributed by atoms with E-state index in [-0.39, 0.29) is 12.6 Å². The Morgan fingerprint density at radius 3 is 2.67 bits per heavy atom. The highest BCUT2D eigenvalue weighted by Gasteiger charge is 2.29. The fraction of sp³-hybridized carbons (Fsp3) is 0.600. The molecule has 0 bridgehead atoms. The van der Waals surface area contributed by atoms with Gasteiger partial charge in [-0.25, -0.2) is 0 Å². The molecule has 18 heavy (non-hydrogen) atoms. The topological polar surface area (TPSA) is 30.5 Å². The molecule has 2 fully saturated rings. The molecule has 2 heterocycles. The first-order valence-electron chi connectivity index (χ1n) is 6.85. The molecule has 0 unspecified atom stereocenters. The summed E-state index contributed by atoms with van der Waals surface area (Å²) in [6, 6.07) is 8.70. The van der Waals surface area contributed by atoms with Crippen molar-refractivity contribution in [2.24, 2.45) is 5.92 Å². The molecule has 1 aromatic carbocycles. The molecule has 0 saturated carbocycles. The zero-order chi connectivity index (χ0) is 12.5. The molecule has 0 spiro atoms. The highest BCUT2D eigenvalue weighted by atomic mass is 16.9. The Morgan fingerprint density at radius 1 is 1.17 bits per heavy atom. The van der Waals surface area contributed by atoms with Gasteiger partial charge in [-0.1, -0.05) is 31.2 Å². The van der Waals surface area contributed by atoms with Crippen molar-refractivity contribution >= 4 is 0 Å². The lowest BCUT2D eigenvalue weighted by molar-refractivity contribution is -0.382. The lowest BCUT2D eigenvalue weighted by Crippen LogP contribution is -2.34. The summed E-state index contributed by atoms with van der Waals surface area (Å²) in [7, 11) is 0. The van der Waals surface area contributed by atoms with Crippen molar-refractivity contribution in [2.45, 2.75) is 38.8 Å². The first-order chi connectivity index (χ1) is 8.74. The van der Waals surface area contributed by atoms with E-state index in [0.29, 0.717) is 11.8 Å². The Bertz CT molecular complexity index is 415. The quantitative estimate of drug-likeness (QED) is 0.871. The lowest BCUT2D eigenvalue weighted by atomic mass is 9.82. The number of benzene rings is 1. The zero-order valence-corrected chi connectivity index (χ0v) is 11.1. The molecule has 3 heteroatoms. The van der Waals surface area contributed by atoms with Crippen molar-refractivity contribution in [2.75, 3.05) is 13.1 Å². The standard InChI is InChI=1S/C15H21NO2/c1-10-9-16-7-6-14(10)12-4-3-5-13(8-12)15-17-11(2)18-15/h3-5,8,10-11,14-16H,6-7,9H2,1-2H3/t10-,11?,14-,15?/m0/s1. The molecule has 2 aliphatic rings. The van der Waals surface area contributed by atoms with Gasteiger partial charge in [-0.15, -0.1) is 0 Å². The highest BCUT2D eigenvalue weighted by Crippen LogP contribution is 2.35. The van der Waals surface area contributed by atoms with Gasteiger partial charge in [0.2, 0.25) is 0 Å². The molecule has 0 aliphatic carbocycles. The predicted octanol–water partition coefficient (Wildman–Crippen LogP) is 2.79. The van der Waals surface area contributed by atoms with E-state index in [1.165, 1.54) is 12.0 Å². The van der Waals surface area contributed by atoms with E-state index in [4.69, 9.17) is 9.47 Å². The predicted molar refractivity (Wildman–Crippen MR) is 70.2 cm³/mol. The van der Waals surface area contributed by atoms with Crippen molar-refractivity contribution in [3.63, 3.8) is 0 Å². The summed E-state index contributed by atoms with van der Waals surface area (Å²) in [5.74, 6) is 1.35. The molecule has 0 aromatic heterocycles. The van der Waals surface area contributed by atoms with E-state index in [2.05, 4.69) is 36.5 Å². The third-order valence-electron chi connectivity index (χ3n) is 4.03. The zero-order valence-electron chi connectivity index (χ0n) is 11.1. The van der Waals surface area contributed by atoms with Crippen LogP contribution in [0.2, 0.25) is 0 Å². The van der Waals surface area contributed by atoms with Gasteiger partial charge in [0, 0.05) is 5.56 Å². The van der Waals surface area contributed by atoms with E-state index in [1.807, 2.05) is 6.92 Å². The Morgan fingerprint density at radius 2 is 1.94 bits per heavy atom. The first-order valence-corrected chi connectivity index (χ1v) is 6.85. The Balaban J connectivity index is 1.77. The van der Waals surface area contributed by atoms with Crippen LogP contribution in [-0.4, -0.2) is 19.4 Å². The summed E-state index contributed by atoms with van der Waals surface area (Å²) in [5, 5.41) is 3.45. The second-order valence-corrected chi connectivity index (χ2v) is 5.42. The van der Waals surface area contributed by atoms with Crippen molar-refractivity contribution < 1.29 is 9.47 Å². The molecular weight excluding hydrogens is 226 g/mol. The molecule has 2 atom stereocenters. The Labute approximate surface area is 108 Å². The fourth-order valence-corrected chi connectivity index (χ4v) is 2.96. The number of hydrogen-bond donors (Lipinski definition) is 1. The summed E-state index contributed by atoms with van der Waals surface area (Å²) in [4.78, 5) is 0. The molecule has 2 aliphatic heterocycles. The minimum Gasteiger partial charge on any atom is -0.320 e. The maximum atomic E-state index is 5.56. The second kappa shape index (κ2) is 5.00. The minimum atomic E-state index is -0.156. The van der Waals surface area contributed by atoms with E-state index < -0.39 is 0 Å². The van der Waals surface area contributed by atoms with Gasteiger partial charge in [0.05, 0.1) is 0 Å². The van der Waals surface area contributed by atoms with Crippen LogP contribution in [0, 0.1) is 5.92 Å². The van der Waals surface area contributed by atoms with Gasteiger partial charge >= 0.3 is 0 Å². The fourth-order valence-electron chi connectivity index (χ4n) is 2.96. The van der Waals surface area contributed by atoms with E-state index in [1.54, 1.807) is 0 Å². The van der Waals surface area contributed by atoms with E-state index in [9.17, 15) is 0 Å². The van der Waals surface area contributed by atoms with Crippen LogP contribution in [0.3, 0.4) is 0 Å². The molecule has 1 aromatic rings. The molecule has 0 radical (unpaired) electrons. The summed E-state index contributed by atoms with van der Waals surface area (Å²) in [6.45, 7) is 6.48. The first kappa shape index (κ1) is 12.2. The third kappa shape index (κ3) is 2.30. The van der Waals surface area contributed by atoms with Crippen molar-refractivity contribution in [1.29, 1.82) is 0 Å². The summed E-state index contributed by atoms with van der Waals surface area (Å²) < 4.78 is 11.1. The van der Waals surface area contributed by atoms with Gasteiger partial charge < -0.3 is 14.8 Å². The summed E-state index contributed by atoms with van der Waals surface area (Å²) >= 11 is 0. The van der Waals surface area contributed by atoms with Gasteiger partial charge in [0.25, 0.3) is 0 Å². The molecule has 1 N–H and O–H groups in total. The monoisotopic (exact) mass is 247 g/mol. The number of ether oxygens (including phenoxy) is 2. The van der Waals surface area contributed by atoms with Crippen LogP contribution >= 0.6 is 0 Å². The molecule has 98 valence electrons. The van der Waals surface area contributed by atoms with Crippen LogP contribution in [0.4, 0.5) is 0 Å². The van der Waals surface area contributed by atoms with Crippen LogP contribution in [0.25, 0.3) is 0 Å². The number of piperidine rings is 1. The van der Waals surface area contributed by atoms with Crippen LogP contribution < -0.4 is 5.32 Å². The molecule has 3 nitrogen and oxygen atoms in total. The SMILES string of the molecule is CC1OC(c2cccc([C@H]3CCNC[C@@H]3C)c2)O1. The number of hydrogen-bond acceptors (Lipinski definition) is 3. The molecule has 0 amide bonds. The average molecular weight is 247 g/mol. The van der Waals surface area contributed by atoms with Gasteiger partial charge in [0.1, 0.15) is 0 Å². The lowest BCUT2D eigenvalue weighted by Gasteiger charge is -2.35. The van der Waals surface area contributed by atoms with Crippen LogP contribution in [0.15, 0.2) is 24.3 Å².